The highest BCUT2D eigenvalue weighted by molar-refractivity contribution is 9.10. The van der Waals surface area contributed by atoms with Crippen LogP contribution in [0.2, 0.25) is 10.0 Å². The third kappa shape index (κ3) is 7.46. The zero-order valence-corrected chi connectivity index (χ0v) is 23.2. The van der Waals surface area contributed by atoms with Crippen molar-refractivity contribution >= 4 is 73.7 Å². The molecule has 2 heterocycles. The van der Waals surface area contributed by atoms with E-state index < -0.39 is 0 Å². The Morgan fingerprint density at radius 1 is 1.09 bits per heavy atom. The Morgan fingerprint density at radius 2 is 1.83 bits per heavy atom. The van der Waals surface area contributed by atoms with Crippen LogP contribution >= 0.6 is 51.3 Å². The average Bonchev–Trinajstić information content (AvgIpc) is 2.85. The average molecular weight is 593 g/mol. The van der Waals surface area contributed by atoms with E-state index in [1.54, 1.807) is 0 Å². The van der Waals surface area contributed by atoms with Crippen LogP contribution in [0.1, 0.15) is 24.8 Å². The lowest BCUT2D eigenvalue weighted by Crippen LogP contribution is -2.35. The summed E-state index contributed by atoms with van der Waals surface area (Å²) in [7, 11) is 0. The second-order valence-electron chi connectivity index (χ2n) is 8.76. The van der Waals surface area contributed by atoms with Crippen LogP contribution < -0.4 is 20.9 Å². The molecule has 0 unspecified atom stereocenters. The molecular weight excluding hydrogens is 565 g/mol. The fraction of sp³-hybridized carbons (Fsp3) is 0.308. The number of nitrogens with one attached hydrogen (secondary N) is 1. The number of thiocarbonyl (C=S) groups is 1. The Labute approximate surface area is 230 Å². The van der Waals surface area contributed by atoms with Gasteiger partial charge in [0.25, 0.3) is 0 Å². The zero-order chi connectivity index (χ0) is 24.8. The highest BCUT2D eigenvalue weighted by Gasteiger charge is 2.21. The summed E-state index contributed by atoms with van der Waals surface area (Å²) in [6, 6.07) is 18.2. The van der Waals surface area contributed by atoms with Gasteiger partial charge in [0.05, 0.1) is 10.0 Å². The predicted octanol–water partition coefficient (Wildman–Crippen LogP) is 7.12. The number of hydrogen-bond acceptors (Lipinski definition) is 4. The Bertz CT molecular complexity index is 1140. The molecule has 3 aromatic rings. The maximum absolute atomic E-state index is 6.27. The molecule has 1 aliphatic heterocycles. The lowest BCUT2D eigenvalue weighted by atomic mass is 9.93. The lowest BCUT2D eigenvalue weighted by Gasteiger charge is -2.35. The molecule has 1 saturated heterocycles. The van der Waals surface area contributed by atoms with Crippen LogP contribution in [0, 0.1) is 5.92 Å². The van der Waals surface area contributed by atoms with Crippen LogP contribution in [0.5, 0.6) is 0 Å². The van der Waals surface area contributed by atoms with E-state index in [1.165, 1.54) is 18.5 Å². The van der Waals surface area contributed by atoms with Crippen molar-refractivity contribution in [2.75, 3.05) is 34.8 Å². The smallest absolute Gasteiger partial charge is 0.168 e. The van der Waals surface area contributed by atoms with E-state index in [4.69, 9.17) is 41.2 Å². The van der Waals surface area contributed by atoms with Gasteiger partial charge in [-0.25, -0.2) is 4.98 Å². The van der Waals surface area contributed by atoms with Crippen LogP contribution in [0.3, 0.4) is 0 Å². The quantitative estimate of drug-likeness (QED) is 0.272. The van der Waals surface area contributed by atoms with Gasteiger partial charge in [0.1, 0.15) is 5.82 Å². The molecule has 35 heavy (non-hydrogen) atoms. The molecular formula is C26H28BrCl2N5S. The molecule has 1 aromatic heterocycles. The van der Waals surface area contributed by atoms with Gasteiger partial charge in [-0.15, -0.1) is 0 Å². The highest BCUT2D eigenvalue weighted by Crippen LogP contribution is 2.28. The topological polar surface area (TPSA) is 57.4 Å². The third-order valence-electron chi connectivity index (χ3n) is 6.32. The van der Waals surface area contributed by atoms with Gasteiger partial charge in [-0.3, -0.25) is 0 Å². The molecule has 1 aliphatic rings. The summed E-state index contributed by atoms with van der Waals surface area (Å²) in [5.74, 6) is 1.64. The minimum Gasteiger partial charge on any atom is -0.376 e. The second kappa shape index (κ2) is 12.3. The standard InChI is InChI=1S/C26H28BrCl2N5S/c27-20-2-8-25(31-16-20)34(17-19-1-7-23(28)24(29)15-19)14-11-18-9-12-33(13-10-18)22-5-3-21(4-6-22)32-26(30)35/h1-8,15-16,18H,9-14,17H2,(H3,30,32,35). The summed E-state index contributed by atoms with van der Waals surface area (Å²) in [5.41, 5.74) is 8.83. The van der Waals surface area contributed by atoms with Crippen molar-refractivity contribution in [2.45, 2.75) is 25.8 Å². The number of anilines is 3. The van der Waals surface area contributed by atoms with Crippen LogP contribution in [-0.2, 0) is 6.54 Å². The van der Waals surface area contributed by atoms with Crippen LogP contribution in [-0.4, -0.2) is 29.7 Å². The minimum absolute atomic E-state index is 0.283. The van der Waals surface area contributed by atoms with Gasteiger partial charge in [-0.2, -0.15) is 0 Å². The Kier molecular flexibility index (Phi) is 9.11. The summed E-state index contributed by atoms with van der Waals surface area (Å²) >= 11 is 20.8. The van der Waals surface area contributed by atoms with Crippen molar-refractivity contribution in [3.8, 4) is 0 Å². The van der Waals surface area contributed by atoms with Crippen molar-refractivity contribution in [1.29, 1.82) is 0 Å². The monoisotopic (exact) mass is 591 g/mol. The third-order valence-corrected chi connectivity index (χ3v) is 7.63. The van der Waals surface area contributed by atoms with Crippen LogP contribution in [0.4, 0.5) is 17.2 Å². The number of benzene rings is 2. The molecule has 2 aromatic carbocycles. The summed E-state index contributed by atoms with van der Waals surface area (Å²) in [4.78, 5) is 9.42. The van der Waals surface area contributed by atoms with E-state index in [9.17, 15) is 0 Å². The molecule has 0 saturated carbocycles. The van der Waals surface area contributed by atoms with Gasteiger partial charge in [-0.05, 0) is 107 Å². The molecule has 0 spiro atoms. The van der Waals surface area contributed by atoms with Gasteiger partial charge in [0.15, 0.2) is 5.11 Å². The molecule has 184 valence electrons. The maximum Gasteiger partial charge on any atom is 0.168 e. The van der Waals surface area contributed by atoms with Crippen molar-refractivity contribution in [3.05, 3.63) is 80.9 Å². The molecule has 0 radical (unpaired) electrons. The molecule has 4 rings (SSSR count). The van der Waals surface area contributed by atoms with Gasteiger partial charge >= 0.3 is 0 Å². The molecule has 3 N–H and O–H groups in total. The number of nitrogens with two attached hydrogens (primary N) is 1. The molecule has 0 bridgehead atoms. The van der Waals surface area contributed by atoms with E-state index >= 15 is 0 Å². The molecule has 0 aliphatic carbocycles. The number of piperidine rings is 1. The summed E-state index contributed by atoms with van der Waals surface area (Å²) in [6.07, 6.45) is 5.30. The Morgan fingerprint density at radius 3 is 2.46 bits per heavy atom. The van der Waals surface area contributed by atoms with Crippen molar-refractivity contribution in [2.24, 2.45) is 11.7 Å². The number of nitrogens with zero attached hydrogens (tertiary/aromatic N) is 3. The highest BCUT2D eigenvalue weighted by atomic mass is 79.9. The number of halogens is 3. The normalized spacial score (nSPS) is 14.1. The van der Waals surface area contributed by atoms with Gasteiger partial charge in [0.2, 0.25) is 0 Å². The Hall–Kier alpha value is -2.06. The maximum atomic E-state index is 6.27. The Balaban J connectivity index is 1.35. The van der Waals surface area contributed by atoms with Gasteiger partial charge in [-0.1, -0.05) is 29.3 Å². The molecule has 0 atom stereocenters. The van der Waals surface area contributed by atoms with Crippen molar-refractivity contribution < 1.29 is 0 Å². The SMILES string of the molecule is NC(=S)Nc1ccc(N2CCC(CCN(Cc3ccc(Cl)c(Cl)c3)c3ccc(Br)cn3)CC2)cc1. The first-order chi connectivity index (χ1) is 16.9. The summed E-state index contributed by atoms with van der Waals surface area (Å²) < 4.78 is 0.970. The first-order valence-electron chi connectivity index (χ1n) is 11.6. The van der Waals surface area contributed by atoms with Gasteiger partial charge in [0, 0.05) is 48.2 Å². The van der Waals surface area contributed by atoms with Crippen LogP contribution in [0.15, 0.2) is 65.3 Å². The van der Waals surface area contributed by atoms with E-state index in [2.05, 4.69) is 54.2 Å². The number of rotatable bonds is 8. The van der Waals surface area contributed by atoms with E-state index in [1.807, 2.05) is 42.6 Å². The van der Waals surface area contributed by atoms with E-state index in [0.717, 1.165) is 54.1 Å². The van der Waals surface area contributed by atoms with Crippen molar-refractivity contribution in [3.63, 3.8) is 0 Å². The number of pyridine rings is 1. The predicted molar refractivity (Wildman–Crippen MR) is 156 cm³/mol. The van der Waals surface area contributed by atoms with E-state index in [-0.39, 0.29) is 5.11 Å². The molecule has 9 heteroatoms. The largest absolute Gasteiger partial charge is 0.376 e. The fourth-order valence-electron chi connectivity index (χ4n) is 4.40. The zero-order valence-electron chi connectivity index (χ0n) is 19.3. The first-order valence-corrected chi connectivity index (χ1v) is 13.5. The lowest BCUT2D eigenvalue weighted by molar-refractivity contribution is 0.381. The second-order valence-corrected chi connectivity index (χ2v) is 10.9. The van der Waals surface area contributed by atoms with Crippen LogP contribution in [0.25, 0.3) is 0 Å². The molecule has 0 amide bonds. The number of hydrogen-bond donors (Lipinski definition) is 2. The summed E-state index contributed by atoms with van der Waals surface area (Å²) in [6.45, 7) is 3.77. The molecule has 1 fully saturated rings. The van der Waals surface area contributed by atoms with Gasteiger partial charge < -0.3 is 20.9 Å². The summed E-state index contributed by atoms with van der Waals surface area (Å²) in [5, 5.41) is 4.41. The first kappa shape index (κ1) is 26.0. The molecule has 5 nitrogen and oxygen atoms in total. The van der Waals surface area contributed by atoms with Crippen molar-refractivity contribution in [1.82, 2.24) is 4.98 Å². The number of aromatic nitrogens is 1. The minimum atomic E-state index is 0.283. The van der Waals surface area contributed by atoms with E-state index in [0.29, 0.717) is 16.0 Å². The fourth-order valence-corrected chi connectivity index (χ4v) is 5.08.